The van der Waals surface area contributed by atoms with Gasteiger partial charge in [-0.25, -0.2) is 0 Å². The van der Waals surface area contributed by atoms with E-state index in [-0.39, 0.29) is 0 Å². The van der Waals surface area contributed by atoms with Crippen LogP contribution in [-0.2, 0) is 0 Å². The highest BCUT2D eigenvalue weighted by Crippen LogP contribution is 2.25. The van der Waals surface area contributed by atoms with Gasteiger partial charge in [0.2, 0.25) is 0 Å². The number of rotatable bonds is 10. The van der Waals surface area contributed by atoms with Gasteiger partial charge in [0.15, 0.2) is 12.6 Å². The van der Waals surface area contributed by atoms with Gasteiger partial charge in [-0.1, -0.05) is 0 Å². The summed E-state index contributed by atoms with van der Waals surface area (Å²) < 4.78 is 21.5. The Balaban J connectivity index is 1.88. The summed E-state index contributed by atoms with van der Waals surface area (Å²) in [4.78, 5) is 22.1. The van der Waals surface area contributed by atoms with Crippen molar-refractivity contribution in [3.8, 4) is 23.0 Å². The van der Waals surface area contributed by atoms with Gasteiger partial charge in [-0.15, -0.1) is 0 Å². The molecule has 6 nitrogen and oxygen atoms in total. The molecule has 0 bridgehead atoms. The molecule has 6 heteroatoms. The highest BCUT2D eigenvalue weighted by Gasteiger charge is 2.07. The minimum absolute atomic E-state index is 0.356. The molecule has 0 radical (unpaired) electrons. The fourth-order valence-corrected chi connectivity index (χ4v) is 2.15. The highest BCUT2D eigenvalue weighted by atomic mass is 16.5. The molecular formula is C19H20O6. The second-order valence-corrected chi connectivity index (χ2v) is 5.09. The van der Waals surface area contributed by atoms with Crippen LogP contribution in [0.3, 0.4) is 0 Å². The lowest BCUT2D eigenvalue weighted by Crippen LogP contribution is -2.07. The van der Waals surface area contributed by atoms with Crippen molar-refractivity contribution in [2.45, 2.75) is 6.42 Å². The van der Waals surface area contributed by atoms with Crippen LogP contribution in [0.25, 0.3) is 0 Å². The Kier molecular flexibility index (Phi) is 6.83. The largest absolute Gasteiger partial charge is 0.497 e. The van der Waals surface area contributed by atoms with Crippen LogP contribution in [0.4, 0.5) is 0 Å². The molecule has 0 spiro atoms. The third kappa shape index (κ3) is 4.97. The zero-order chi connectivity index (χ0) is 18.1. The summed E-state index contributed by atoms with van der Waals surface area (Å²) in [5.74, 6) is 2.15. The number of carbonyl (C=O) groups excluding carboxylic acids is 2. The van der Waals surface area contributed by atoms with E-state index >= 15 is 0 Å². The molecule has 2 aromatic carbocycles. The predicted molar refractivity (Wildman–Crippen MR) is 92.4 cm³/mol. The molecule has 0 saturated carbocycles. The normalized spacial score (nSPS) is 10.0. The monoisotopic (exact) mass is 344 g/mol. The molecule has 0 saturated heterocycles. The van der Waals surface area contributed by atoms with E-state index in [1.54, 1.807) is 50.6 Å². The number of carbonyl (C=O) groups is 2. The van der Waals surface area contributed by atoms with Crippen molar-refractivity contribution in [3.63, 3.8) is 0 Å². The third-order valence-electron chi connectivity index (χ3n) is 3.50. The molecule has 25 heavy (non-hydrogen) atoms. The Morgan fingerprint density at radius 2 is 1.20 bits per heavy atom. The lowest BCUT2D eigenvalue weighted by molar-refractivity contribution is 0.111. The minimum atomic E-state index is 0.356. The number of benzene rings is 2. The molecule has 2 rings (SSSR count). The van der Waals surface area contributed by atoms with Gasteiger partial charge in [-0.3, -0.25) is 9.59 Å². The maximum atomic E-state index is 11.0. The summed E-state index contributed by atoms with van der Waals surface area (Å²) in [6, 6.07) is 10.0. The summed E-state index contributed by atoms with van der Waals surface area (Å²) >= 11 is 0. The quantitative estimate of drug-likeness (QED) is 0.487. The Bertz CT molecular complexity index is 664. The molecule has 0 N–H and O–H groups in total. The second kappa shape index (κ2) is 9.32. The molecular weight excluding hydrogens is 324 g/mol. The lowest BCUT2D eigenvalue weighted by atomic mass is 10.2. The predicted octanol–water partition coefficient (Wildman–Crippen LogP) is 3.18. The van der Waals surface area contributed by atoms with E-state index in [9.17, 15) is 9.59 Å². The van der Waals surface area contributed by atoms with E-state index in [1.807, 2.05) is 0 Å². The van der Waals surface area contributed by atoms with Crippen LogP contribution < -0.4 is 18.9 Å². The van der Waals surface area contributed by atoms with Crippen molar-refractivity contribution in [2.24, 2.45) is 0 Å². The molecule has 0 fully saturated rings. The smallest absolute Gasteiger partial charge is 0.153 e. The van der Waals surface area contributed by atoms with Gasteiger partial charge in [0, 0.05) is 18.6 Å². The lowest BCUT2D eigenvalue weighted by Gasteiger charge is -2.12. The van der Waals surface area contributed by atoms with E-state index < -0.39 is 0 Å². The first-order valence-electron chi connectivity index (χ1n) is 7.74. The van der Waals surface area contributed by atoms with Crippen molar-refractivity contribution in [2.75, 3.05) is 27.4 Å². The molecule has 0 unspecified atom stereocenters. The van der Waals surface area contributed by atoms with Crippen molar-refractivity contribution in [1.29, 1.82) is 0 Å². The Labute approximate surface area is 146 Å². The van der Waals surface area contributed by atoms with Crippen LogP contribution in [0.5, 0.6) is 23.0 Å². The fourth-order valence-electron chi connectivity index (χ4n) is 2.15. The molecule has 0 aromatic heterocycles. The summed E-state index contributed by atoms with van der Waals surface area (Å²) in [7, 11) is 3.10. The second-order valence-electron chi connectivity index (χ2n) is 5.09. The van der Waals surface area contributed by atoms with E-state index in [1.165, 1.54) is 0 Å². The maximum Gasteiger partial charge on any atom is 0.153 e. The minimum Gasteiger partial charge on any atom is -0.497 e. The number of hydrogen-bond donors (Lipinski definition) is 0. The molecule has 0 aliphatic carbocycles. The molecule has 0 amide bonds. The first-order valence-corrected chi connectivity index (χ1v) is 7.74. The van der Waals surface area contributed by atoms with Crippen LogP contribution in [-0.4, -0.2) is 40.0 Å². The van der Waals surface area contributed by atoms with Gasteiger partial charge in [-0.2, -0.15) is 0 Å². The highest BCUT2D eigenvalue weighted by molar-refractivity contribution is 5.80. The van der Waals surface area contributed by atoms with Crippen LogP contribution in [0.1, 0.15) is 27.1 Å². The zero-order valence-corrected chi connectivity index (χ0v) is 14.2. The van der Waals surface area contributed by atoms with Gasteiger partial charge in [0.25, 0.3) is 0 Å². The van der Waals surface area contributed by atoms with Crippen molar-refractivity contribution >= 4 is 12.6 Å². The summed E-state index contributed by atoms with van der Waals surface area (Å²) in [6.07, 6.45) is 2.04. The first-order chi connectivity index (χ1) is 12.2. The first kappa shape index (κ1) is 18.3. The topological polar surface area (TPSA) is 71.1 Å². The van der Waals surface area contributed by atoms with Crippen molar-refractivity contribution in [1.82, 2.24) is 0 Å². The summed E-state index contributed by atoms with van der Waals surface area (Å²) in [5.41, 5.74) is 0.913. The Morgan fingerprint density at radius 1 is 0.760 bits per heavy atom. The Hall–Kier alpha value is -3.02. The third-order valence-corrected chi connectivity index (χ3v) is 3.50. The van der Waals surface area contributed by atoms with Gasteiger partial charge in [0.1, 0.15) is 23.0 Å². The molecule has 2 aromatic rings. The van der Waals surface area contributed by atoms with Gasteiger partial charge in [0.05, 0.1) is 38.6 Å². The van der Waals surface area contributed by atoms with E-state index in [0.29, 0.717) is 53.8 Å². The molecule has 0 atom stereocenters. The average molecular weight is 344 g/mol. The van der Waals surface area contributed by atoms with Crippen LogP contribution in [0.15, 0.2) is 36.4 Å². The van der Waals surface area contributed by atoms with Crippen molar-refractivity contribution in [3.05, 3.63) is 47.5 Å². The Morgan fingerprint density at radius 3 is 1.56 bits per heavy atom. The van der Waals surface area contributed by atoms with Gasteiger partial charge >= 0.3 is 0 Å². The molecule has 0 aliphatic heterocycles. The SMILES string of the molecule is COc1ccc(C=O)c(OCCCOc2cc(OC)ccc2C=O)c1. The number of hydrogen-bond acceptors (Lipinski definition) is 6. The van der Waals surface area contributed by atoms with Crippen LogP contribution in [0.2, 0.25) is 0 Å². The average Bonchev–Trinajstić information content (AvgIpc) is 2.67. The van der Waals surface area contributed by atoms with E-state index in [4.69, 9.17) is 18.9 Å². The van der Waals surface area contributed by atoms with Crippen LogP contribution >= 0.6 is 0 Å². The van der Waals surface area contributed by atoms with Gasteiger partial charge in [-0.05, 0) is 24.3 Å². The van der Waals surface area contributed by atoms with E-state index in [2.05, 4.69) is 0 Å². The summed E-state index contributed by atoms with van der Waals surface area (Å²) in [6.45, 7) is 0.711. The molecule has 0 aliphatic rings. The standard InChI is InChI=1S/C19H20O6/c1-22-16-6-4-14(12-20)18(10-16)24-8-3-9-25-19-11-17(23-2)7-5-15(19)13-21/h4-7,10-13H,3,8-9H2,1-2H3. The number of methoxy groups -OCH3 is 2. The number of ether oxygens (including phenoxy) is 4. The summed E-state index contributed by atoms with van der Waals surface area (Å²) in [5, 5.41) is 0. The van der Waals surface area contributed by atoms with Gasteiger partial charge < -0.3 is 18.9 Å². The van der Waals surface area contributed by atoms with Crippen molar-refractivity contribution < 1.29 is 28.5 Å². The maximum absolute atomic E-state index is 11.0. The number of aldehydes is 2. The van der Waals surface area contributed by atoms with E-state index in [0.717, 1.165) is 12.6 Å². The molecule has 132 valence electrons. The molecule has 0 heterocycles. The van der Waals surface area contributed by atoms with Crippen LogP contribution in [0, 0.1) is 0 Å². The zero-order valence-electron chi connectivity index (χ0n) is 14.2. The fraction of sp³-hybridized carbons (Fsp3) is 0.263.